The van der Waals surface area contributed by atoms with Crippen LogP contribution in [0.4, 0.5) is 5.69 Å². The molecule has 0 bridgehead atoms. The molecule has 0 saturated carbocycles. The number of rotatable bonds is 9. The highest BCUT2D eigenvalue weighted by Gasteiger charge is 2.02. The molecule has 1 rings (SSSR count). The van der Waals surface area contributed by atoms with Crippen molar-refractivity contribution in [3.8, 4) is 5.75 Å². The molecule has 1 amide bonds. The maximum atomic E-state index is 11.4. The molecule has 0 heterocycles. The lowest BCUT2D eigenvalue weighted by molar-refractivity contribution is -0.126. The topological polar surface area (TPSA) is 59.6 Å². The number of nitrogens with one attached hydrogen (secondary N) is 2. The second-order valence-corrected chi connectivity index (χ2v) is 5.33. The van der Waals surface area contributed by atoms with E-state index in [0.717, 1.165) is 11.4 Å². The molecule has 0 aliphatic rings. The van der Waals surface area contributed by atoms with Gasteiger partial charge in [0, 0.05) is 18.8 Å². The number of anilines is 1. The molecule has 0 unspecified atom stereocenters. The maximum absolute atomic E-state index is 11.4. The highest BCUT2D eigenvalue weighted by molar-refractivity contribution is 5.77. The highest BCUT2D eigenvalue weighted by Crippen LogP contribution is 2.16. The molecule has 0 aliphatic heterocycles. The normalized spacial score (nSPS) is 10.8. The zero-order valence-electron chi connectivity index (χ0n) is 13.3. The Balaban J connectivity index is 2.19. The van der Waals surface area contributed by atoms with Crippen molar-refractivity contribution in [2.24, 2.45) is 0 Å². The van der Waals surface area contributed by atoms with Crippen LogP contribution in [0.2, 0.25) is 0 Å². The van der Waals surface area contributed by atoms with E-state index in [9.17, 15) is 4.79 Å². The summed E-state index contributed by atoms with van der Waals surface area (Å²) in [5.41, 5.74) is 0.999. The number of hydrogen-bond acceptors (Lipinski definition) is 4. The fourth-order valence-corrected chi connectivity index (χ4v) is 1.63. The predicted octanol–water partition coefficient (Wildman–Crippen LogP) is 2.43. The summed E-state index contributed by atoms with van der Waals surface area (Å²) in [5, 5.41) is 6.03. The molecule has 2 N–H and O–H groups in total. The van der Waals surface area contributed by atoms with Crippen LogP contribution < -0.4 is 15.4 Å². The first-order valence-electron chi connectivity index (χ1n) is 7.36. The van der Waals surface area contributed by atoms with Gasteiger partial charge in [0.25, 0.3) is 0 Å². The van der Waals surface area contributed by atoms with Crippen molar-refractivity contribution in [3.63, 3.8) is 0 Å². The fraction of sp³-hybridized carbons (Fsp3) is 0.562. The molecular weight excluding hydrogens is 268 g/mol. The minimum absolute atomic E-state index is 0.0699. The summed E-state index contributed by atoms with van der Waals surface area (Å²) in [4.78, 5) is 11.4. The van der Waals surface area contributed by atoms with Gasteiger partial charge in [-0.1, -0.05) is 0 Å². The van der Waals surface area contributed by atoms with Crippen LogP contribution in [0, 0.1) is 0 Å². The van der Waals surface area contributed by atoms with E-state index in [1.54, 1.807) is 0 Å². The zero-order chi connectivity index (χ0) is 15.7. The zero-order valence-corrected chi connectivity index (χ0v) is 13.3. The third-order valence-corrected chi connectivity index (χ3v) is 2.55. The Kier molecular flexibility index (Phi) is 7.61. The van der Waals surface area contributed by atoms with Crippen molar-refractivity contribution in [2.75, 3.05) is 25.0 Å². The van der Waals surface area contributed by atoms with Crippen molar-refractivity contribution in [1.82, 2.24) is 5.32 Å². The van der Waals surface area contributed by atoms with Crippen LogP contribution in [0.5, 0.6) is 5.75 Å². The largest absolute Gasteiger partial charge is 0.491 e. The summed E-state index contributed by atoms with van der Waals surface area (Å²) in [6.45, 7) is 9.14. The lowest BCUT2D eigenvalue weighted by Crippen LogP contribution is -2.32. The van der Waals surface area contributed by atoms with E-state index >= 15 is 0 Å². The number of benzene rings is 1. The first kappa shape index (κ1) is 17.3. The smallest absolute Gasteiger partial charge is 0.246 e. The third kappa shape index (κ3) is 8.19. The van der Waals surface area contributed by atoms with Gasteiger partial charge in [-0.3, -0.25) is 4.79 Å². The van der Waals surface area contributed by atoms with Crippen molar-refractivity contribution in [1.29, 1.82) is 0 Å². The Morgan fingerprint density at radius 2 is 1.71 bits per heavy atom. The Bertz CT molecular complexity index is 416. The summed E-state index contributed by atoms with van der Waals surface area (Å²) in [5.74, 6) is 0.765. The summed E-state index contributed by atoms with van der Waals surface area (Å²) in [7, 11) is 0. The molecular formula is C16H26N2O3. The molecule has 5 heteroatoms. The molecule has 1 aromatic rings. The second kappa shape index (κ2) is 9.23. The van der Waals surface area contributed by atoms with Gasteiger partial charge in [-0.2, -0.15) is 0 Å². The van der Waals surface area contributed by atoms with Gasteiger partial charge in [-0.25, -0.2) is 0 Å². The van der Waals surface area contributed by atoms with Gasteiger partial charge in [0.05, 0.1) is 12.2 Å². The van der Waals surface area contributed by atoms with Gasteiger partial charge in [0.15, 0.2) is 0 Å². The Morgan fingerprint density at radius 1 is 1.05 bits per heavy atom. The first-order valence-corrected chi connectivity index (χ1v) is 7.36. The maximum Gasteiger partial charge on any atom is 0.246 e. The lowest BCUT2D eigenvalue weighted by Gasteiger charge is -2.12. The summed E-state index contributed by atoms with van der Waals surface area (Å²) < 4.78 is 10.8. The van der Waals surface area contributed by atoms with Gasteiger partial charge in [0.1, 0.15) is 12.4 Å². The number of hydrogen-bond donors (Lipinski definition) is 2. The first-order chi connectivity index (χ1) is 9.97. The number of amides is 1. The van der Waals surface area contributed by atoms with Crippen LogP contribution >= 0.6 is 0 Å². The van der Waals surface area contributed by atoms with Crippen LogP contribution in [-0.2, 0) is 9.53 Å². The molecule has 21 heavy (non-hydrogen) atoms. The summed E-state index contributed by atoms with van der Waals surface area (Å²) in [6, 6.07) is 7.78. The second-order valence-electron chi connectivity index (χ2n) is 5.33. The van der Waals surface area contributed by atoms with E-state index in [1.807, 2.05) is 52.0 Å². The average molecular weight is 294 g/mol. The predicted molar refractivity (Wildman–Crippen MR) is 84.8 cm³/mol. The van der Waals surface area contributed by atoms with E-state index in [1.165, 1.54) is 0 Å². The molecule has 118 valence electrons. The molecule has 0 atom stereocenters. The van der Waals surface area contributed by atoms with Crippen molar-refractivity contribution >= 4 is 11.6 Å². The average Bonchev–Trinajstić information content (AvgIpc) is 2.42. The molecule has 0 fully saturated rings. The molecule has 0 aliphatic carbocycles. The number of ether oxygens (including phenoxy) is 2. The van der Waals surface area contributed by atoms with Crippen molar-refractivity contribution in [3.05, 3.63) is 24.3 Å². The highest BCUT2D eigenvalue weighted by atomic mass is 16.5. The third-order valence-electron chi connectivity index (χ3n) is 2.55. The summed E-state index contributed by atoms with van der Waals surface area (Å²) >= 11 is 0. The molecule has 0 spiro atoms. The minimum atomic E-state index is -0.0915. The van der Waals surface area contributed by atoms with Gasteiger partial charge in [-0.05, 0) is 52.0 Å². The van der Waals surface area contributed by atoms with E-state index in [-0.39, 0.29) is 24.7 Å². The van der Waals surface area contributed by atoms with Gasteiger partial charge < -0.3 is 20.1 Å². The lowest BCUT2D eigenvalue weighted by atomic mass is 10.3. The van der Waals surface area contributed by atoms with Crippen molar-refractivity contribution < 1.29 is 14.3 Å². The quantitative estimate of drug-likeness (QED) is 0.687. The van der Waals surface area contributed by atoms with Crippen molar-refractivity contribution in [2.45, 2.75) is 39.9 Å². The SMILES string of the molecule is CC(C)OCC(=O)NCCNc1ccc(OC(C)C)cc1. The minimum Gasteiger partial charge on any atom is -0.491 e. The molecule has 0 aromatic heterocycles. The van der Waals surface area contributed by atoms with Gasteiger partial charge >= 0.3 is 0 Å². The van der Waals surface area contributed by atoms with Crippen LogP contribution in [0.1, 0.15) is 27.7 Å². The van der Waals surface area contributed by atoms with E-state index < -0.39 is 0 Å². The Labute approximate surface area is 127 Å². The van der Waals surface area contributed by atoms with E-state index in [0.29, 0.717) is 13.1 Å². The van der Waals surface area contributed by atoms with Gasteiger partial charge in [0.2, 0.25) is 5.91 Å². The Morgan fingerprint density at radius 3 is 2.29 bits per heavy atom. The van der Waals surface area contributed by atoms with Gasteiger partial charge in [-0.15, -0.1) is 0 Å². The van der Waals surface area contributed by atoms with Crippen LogP contribution in [-0.4, -0.2) is 37.8 Å². The standard InChI is InChI=1S/C16H26N2O3/c1-12(2)20-11-16(19)18-10-9-17-14-5-7-15(8-6-14)21-13(3)4/h5-8,12-13,17H,9-11H2,1-4H3,(H,18,19). The fourth-order valence-electron chi connectivity index (χ4n) is 1.63. The van der Waals surface area contributed by atoms with Crippen LogP contribution in [0.15, 0.2) is 24.3 Å². The molecule has 1 aromatic carbocycles. The summed E-state index contributed by atoms with van der Waals surface area (Å²) in [6.07, 6.45) is 0.243. The molecule has 0 radical (unpaired) electrons. The van der Waals surface area contributed by atoms with Crippen LogP contribution in [0.3, 0.4) is 0 Å². The molecule has 0 saturated heterocycles. The number of carbonyl (C=O) groups excluding carboxylic acids is 1. The monoisotopic (exact) mass is 294 g/mol. The number of carbonyl (C=O) groups is 1. The molecule has 5 nitrogen and oxygen atoms in total. The van der Waals surface area contributed by atoms with E-state index in [4.69, 9.17) is 9.47 Å². The Hall–Kier alpha value is -1.75. The van der Waals surface area contributed by atoms with Crippen LogP contribution in [0.25, 0.3) is 0 Å². The van der Waals surface area contributed by atoms with E-state index in [2.05, 4.69) is 10.6 Å².